The van der Waals surface area contributed by atoms with Crippen molar-refractivity contribution in [3.63, 3.8) is 0 Å². The van der Waals surface area contributed by atoms with Crippen LogP contribution in [0.1, 0.15) is 39.2 Å². The van der Waals surface area contributed by atoms with Gasteiger partial charge in [-0.05, 0) is 36.0 Å². The van der Waals surface area contributed by atoms with Crippen molar-refractivity contribution in [3.05, 3.63) is 23.8 Å². The zero-order valence-corrected chi connectivity index (χ0v) is 14.1. The van der Waals surface area contributed by atoms with Gasteiger partial charge in [0.05, 0.1) is 24.3 Å². The Morgan fingerprint density at radius 3 is 2.33 bits per heavy atom. The van der Waals surface area contributed by atoms with Crippen LogP contribution in [0.5, 0.6) is 5.75 Å². The predicted octanol–water partition coefficient (Wildman–Crippen LogP) is 2.98. The van der Waals surface area contributed by atoms with Crippen LogP contribution in [0.25, 0.3) is 0 Å². The number of rotatable bonds is 3. The lowest BCUT2D eigenvalue weighted by Gasteiger charge is -2.27. The van der Waals surface area contributed by atoms with Gasteiger partial charge in [0.1, 0.15) is 15.6 Å². The van der Waals surface area contributed by atoms with Crippen LogP contribution < -0.4 is 10.1 Å². The van der Waals surface area contributed by atoms with Crippen LogP contribution >= 0.6 is 0 Å². The van der Waals surface area contributed by atoms with Crippen LogP contribution in [0, 0.1) is 0 Å². The first-order valence-corrected chi connectivity index (χ1v) is 9.19. The third-order valence-corrected chi connectivity index (χ3v) is 5.70. The number of anilines is 1. The Morgan fingerprint density at radius 2 is 1.81 bits per heavy atom. The van der Waals surface area contributed by atoms with E-state index in [1.54, 1.807) is 7.11 Å². The SMILES string of the molecule is COc1ccc(C(C)(C)C)cc1NC1CCS(=O)(=O)CC1. The molecule has 1 N–H and O–H groups in total. The number of sulfone groups is 1. The van der Waals surface area contributed by atoms with Crippen LogP contribution in [-0.4, -0.2) is 33.1 Å². The molecule has 5 heteroatoms. The molecule has 0 aliphatic carbocycles. The maximum atomic E-state index is 11.5. The minimum atomic E-state index is -2.83. The summed E-state index contributed by atoms with van der Waals surface area (Å²) in [6.45, 7) is 6.52. The molecule has 1 aromatic carbocycles. The molecule has 0 spiro atoms. The Kier molecular flexibility index (Phi) is 4.51. The number of nitrogens with one attached hydrogen (secondary N) is 1. The highest BCUT2D eigenvalue weighted by atomic mass is 32.2. The first-order valence-electron chi connectivity index (χ1n) is 7.37. The highest BCUT2D eigenvalue weighted by Gasteiger charge is 2.24. The van der Waals surface area contributed by atoms with Crippen molar-refractivity contribution in [1.82, 2.24) is 0 Å². The number of methoxy groups -OCH3 is 1. The van der Waals surface area contributed by atoms with Crippen molar-refractivity contribution >= 4 is 15.5 Å². The van der Waals surface area contributed by atoms with Gasteiger partial charge in [0.15, 0.2) is 0 Å². The molecule has 1 saturated heterocycles. The van der Waals surface area contributed by atoms with Gasteiger partial charge >= 0.3 is 0 Å². The summed E-state index contributed by atoms with van der Waals surface area (Å²) < 4.78 is 28.4. The molecule has 0 unspecified atom stereocenters. The van der Waals surface area contributed by atoms with Gasteiger partial charge in [0.2, 0.25) is 0 Å². The number of hydrogen-bond acceptors (Lipinski definition) is 4. The highest BCUT2D eigenvalue weighted by Crippen LogP contribution is 2.32. The number of ether oxygens (including phenoxy) is 1. The Bertz CT molecular complexity index is 588. The fourth-order valence-corrected chi connectivity index (χ4v) is 4.03. The molecular weight excluding hydrogens is 286 g/mol. The van der Waals surface area contributed by atoms with E-state index in [2.05, 4.69) is 38.2 Å². The van der Waals surface area contributed by atoms with Gasteiger partial charge in [-0.15, -0.1) is 0 Å². The Morgan fingerprint density at radius 1 is 1.19 bits per heavy atom. The molecule has 4 nitrogen and oxygen atoms in total. The smallest absolute Gasteiger partial charge is 0.150 e. The largest absolute Gasteiger partial charge is 0.495 e. The lowest BCUT2D eigenvalue weighted by Crippen LogP contribution is -2.32. The van der Waals surface area contributed by atoms with Crippen molar-refractivity contribution in [3.8, 4) is 5.75 Å². The summed E-state index contributed by atoms with van der Waals surface area (Å²) in [4.78, 5) is 0. The molecule has 0 aromatic heterocycles. The van der Waals surface area contributed by atoms with Gasteiger partial charge in [-0.2, -0.15) is 0 Å². The van der Waals surface area contributed by atoms with Crippen LogP contribution in [0.2, 0.25) is 0 Å². The first-order chi connectivity index (χ1) is 9.71. The van der Waals surface area contributed by atoms with E-state index in [1.807, 2.05) is 6.07 Å². The molecule has 1 fully saturated rings. The van der Waals surface area contributed by atoms with Gasteiger partial charge in [0, 0.05) is 6.04 Å². The fourth-order valence-electron chi connectivity index (χ4n) is 2.54. The molecule has 118 valence electrons. The maximum Gasteiger partial charge on any atom is 0.150 e. The molecule has 0 amide bonds. The van der Waals surface area contributed by atoms with E-state index in [9.17, 15) is 8.42 Å². The Balaban J connectivity index is 2.18. The fraction of sp³-hybridized carbons (Fsp3) is 0.625. The molecule has 0 atom stereocenters. The van der Waals surface area contributed by atoms with Crippen molar-refractivity contribution in [2.75, 3.05) is 23.9 Å². The second-order valence-electron chi connectivity index (χ2n) is 6.74. The average molecular weight is 311 g/mol. The summed E-state index contributed by atoms with van der Waals surface area (Å²) in [5, 5.41) is 3.46. The molecule has 1 aromatic rings. The summed E-state index contributed by atoms with van der Waals surface area (Å²) in [6, 6.07) is 6.36. The highest BCUT2D eigenvalue weighted by molar-refractivity contribution is 7.91. The Hall–Kier alpha value is -1.23. The van der Waals surface area contributed by atoms with Crippen LogP contribution in [-0.2, 0) is 15.3 Å². The first kappa shape index (κ1) is 16.1. The minimum absolute atomic E-state index is 0.0681. The standard InChI is InChI=1S/C16H25NO3S/c1-16(2,3)12-5-6-15(20-4)14(11-12)17-13-7-9-21(18,19)10-8-13/h5-6,11,13,17H,7-10H2,1-4H3. The van der Waals surface area contributed by atoms with E-state index in [0.29, 0.717) is 12.8 Å². The molecule has 1 aliphatic rings. The molecule has 0 bridgehead atoms. The van der Waals surface area contributed by atoms with E-state index >= 15 is 0 Å². The zero-order chi connectivity index (χ0) is 15.7. The van der Waals surface area contributed by atoms with E-state index in [4.69, 9.17) is 4.74 Å². The molecule has 1 heterocycles. The monoisotopic (exact) mass is 311 g/mol. The van der Waals surface area contributed by atoms with Crippen molar-refractivity contribution in [2.45, 2.75) is 45.1 Å². The van der Waals surface area contributed by atoms with Gasteiger partial charge in [0.25, 0.3) is 0 Å². The van der Waals surface area contributed by atoms with Gasteiger partial charge in [-0.1, -0.05) is 26.8 Å². The quantitative estimate of drug-likeness (QED) is 0.932. The zero-order valence-electron chi connectivity index (χ0n) is 13.3. The predicted molar refractivity (Wildman–Crippen MR) is 87.0 cm³/mol. The molecule has 0 radical (unpaired) electrons. The summed E-state index contributed by atoms with van der Waals surface area (Å²) in [5.74, 6) is 1.34. The molecular formula is C16H25NO3S. The maximum absolute atomic E-state index is 11.5. The summed E-state index contributed by atoms with van der Waals surface area (Å²) in [6.07, 6.45) is 1.32. The number of benzene rings is 1. The lowest BCUT2D eigenvalue weighted by atomic mass is 9.86. The van der Waals surface area contributed by atoms with Crippen molar-refractivity contribution in [1.29, 1.82) is 0 Å². The van der Waals surface area contributed by atoms with Crippen molar-refractivity contribution in [2.24, 2.45) is 0 Å². The van der Waals surface area contributed by atoms with E-state index in [0.717, 1.165) is 11.4 Å². The van der Waals surface area contributed by atoms with E-state index in [-0.39, 0.29) is 23.0 Å². The van der Waals surface area contributed by atoms with Gasteiger partial charge in [-0.3, -0.25) is 0 Å². The second kappa shape index (κ2) is 5.87. The third-order valence-electron chi connectivity index (χ3n) is 3.98. The van der Waals surface area contributed by atoms with Gasteiger partial charge < -0.3 is 10.1 Å². The third kappa shape index (κ3) is 4.13. The van der Waals surface area contributed by atoms with E-state index in [1.165, 1.54) is 5.56 Å². The normalized spacial score (nSPS) is 19.2. The minimum Gasteiger partial charge on any atom is -0.495 e. The summed E-state index contributed by atoms with van der Waals surface area (Å²) in [7, 11) is -1.17. The second-order valence-corrected chi connectivity index (χ2v) is 9.04. The topological polar surface area (TPSA) is 55.4 Å². The summed E-state index contributed by atoms with van der Waals surface area (Å²) in [5.41, 5.74) is 2.25. The van der Waals surface area contributed by atoms with Crippen LogP contribution in [0.15, 0.2) is 18.2 Å². The Labute approximate surface area is 127 Å². The van der Waals surface area contributed by atoms with Gasteiger partial charge in [-0.25, -0.2) is 8.42 Å². The number of hydrogen-bond donors (Lipinski definition) is 1. The molecule has 2 rings (SSSR count). The molecule has 21 heavy (non-hydrogen) atoms. The van der Waals surface area contributed by atoms with Crippen LogP contribution in [0.3, 0.4) is 0 Å². The van der Waals surface area contributed by atoms with Crippen molar-refractivity contribution < 1.29 is 13.2 Å². The molecule has 1 aliphatic heterocycles. The molecule has 0 saturated carbocycles. The average Bonchev–Trinajstić information content (AvgIpc) is 2.40. The van der Waals surface area contributed by atoms with E-state index < -0.39 is 9.84 Å². The lowest BCUT2D eigenvalue weighted by molar-refractivity contribution is 0.415. The van der Waals surface area contributed by atoms with Crippen LogP contribution in [0.4, 0.5) is 5.69 Å². The summed E-state index contributed by atoms with van der Waals surface area (Å²) >= 11 is 0.